The van der Waals surface area contributed by atoms with E-state index in [4.69, 9.17) is 14.6 Å². The van der Waals surface area contributed by atoms with Crippen LogP contribution < -0.4 is 0 Å². The summed E-state index contributed by atoms with van der Waals surface area (Å²) in [6, 6.07) is 14.4. The highest BCUT2D eigenvalue weighted by Gasteiger charge is 2.50. The first-order valence-corrected chi connectivity index (χ1v) is 17.8. The second-order valence-corrected chi connectivity index (χ2v) is 14.4. The zero-order valence-corrected chi connectivity index (χ0v) is 29.7. The van der Waals surface area contributed by atoms with Gasteiger partial charge in [0.25, 0.3) is 5.91 Å². The molecular formula is C39H42F7N3O5. The Bertz CT molecular complexity index is 1780. The van der Waals surface area contributed by atoms with Crippen molar-refractivity contribution in [1.29, 1.82) is 0 Å². The number of benzene rings is 3. The van der Waals surface area contributed by atoms with E-state index in [-0.39, 0.29) is 49.7 Å². The van der Waals surface area contributed by atoms with Crippen LogP contribution in [0.15, 0.2) is 66.7 Å². The van der Waals surface area contributed by atoms with Gasteiger partial charge < -0.3 is 29.3 Å². The zero-order valence-electron chi connectivity index (χ0n) is 29.7. The van der Waals surface area contributed by atoms with Crippen molar-refractivity contribution in [3.63, 3.8) is 0 Å². The maximum atomic E-state index is 14.0. The monoisotopic (exact) mass is 765 g/mol. The van der Waals surface area contributed by atoms with Crippen molar-refractivity contribution < 1.29 is 54.9 Å². The first-order chi connectivity index (χ1) is 25.5. The standard InChI is InChI=1S/C39H42F7N3O5/c1-47(14-4-18-50)34(51)23-53-33-21-26-5-2-3-6-32(26)36(33)11-15-48(16-12-36)17-13-37(28-7-9-31(40)10-8-28)24-49(25-54-37)35(52)27-19-29(38(41,42)43)22-30(20-27)39(44,45)46/h2-3,5-10,19-20,22,33,50H,4,11-18,21,23-25H2,1H3/t33-,37-/m0/s1. The maximum Gasteiger partial charge on any atom is 0.416 e. The summed E-state index contributed by atoms with van der Waals surface area (Å²) in [5, 5.41) is 9.13. The minimum Gasteiger partial charge on any atom is -0.396 e. The van der Waals surface area contributed by atoms with Crippen molar-refractivity contribution in [2.24, 2.45) is 0 Å². The number of aliphatic hydroxyl groups excluding tert-OH is 1. The molecule has 3 aromatic rings. The molecule has 0 unspecified atom stereocenters. The molecular weight excluding hydrogens is 723 g/mol. The molecule has 1 N–H and O–H groups in total. The number of likely N-dealkylation sites (tertiary alicyclic amines) is 1. The third-order valence-corrected chi connectivity index (χ3v) is 11.1. The van der Waals surface area contributed by atoms with E-state index in [9.17, 15) is 40.3 Å². The van der Waals surface area contributed by atoms with Gasteiger partial charge in [-0.15, -0.1) is 0 Å². The third kappa shape index (κ3) is 8.28. The van der Waals surface area contributed by atoms with Crippen LogP contribution >= 0.6 is 0 Å². The summed E-state index contributed by atoms with van der Waals surface area (Å²) in [7, 11) is 1.68. The first-order valence-electron chi connectivity index (χ1n) is 17.8. The minimum atomic E-state index is -5.12. The molecule has 15 heteroatoms. The topological polar surface area (TPSA) is 82.5 Å². The Hall–Kier alpha value is -4.05. The van der Waals surface area contributed by atoms with Crippen molar-refractivity contribution in [2.45, 2.75) is 61.6 Å². The number of carbonyl (C=O) groups is 2. The minimum absolute atomic E-state index is 0.0184. The van der Waals surface area contributed by atoms with Crippen LogP contribution in [0.1, 0.15) is 63.9 Å². The van der Waals surface area contributed by atoms with Gasteiger partial charge in [-0.2, -0.15) is 26.3 Å². The lowest BCUT2D eigenvalue weighted by Crippen LogP contribution is -2.50. The number of alkyl halides is 6. The number of amides is 2. The van der Waals surface area contributed by atoms with Crippen LogP contribution in [0.25, 0.3) is 0 Å². The molecule has 2 fully saturated rings. The van der Waals surface area contributed by atoms with Crippen LogP contribution in [0.2, 0.25) is 0 Å². The molecule has 292 valence electrons. The maximum absolute atomic E-state index is 14.0. The highest BCUT2D eigenvalue weighted by molar-refractivity contribution is 5.95. The highest BCUT2D eigenvalue weighted by Crippen LogP contribution is 2.48. The number of halogens is 7. The number of rotatable bonds is 11. The predicted octanol–water partition coefficient (Wildman–Crippen LogP) is 6.39. The summed E-state index contributed by atoms with van der Waals surface area (Å²) in [6.07, 6.45) is -7.62. The van der Waals surface area contributed by atoms with E-state index in [2.05, 4.69) is 17.0 Å². The summed E-state index contributed by atoms with van der Waals surface area (Å²) in [4.78, 5) is 31.2. The van der Waals surface area contributed by atoms with Gasteiger partial charge >= 0.3 is 12.4 Å². The Balaban J connectivity index is 1.17. The number of likely N-dealkylation sites (N-methyl/N-ethyl adjacent to an activating group) is 1. The summed E-state index contributed by atoms with van der Waals surface area (Å²) in [6.45, 7) is 1.47. The van der Waals surface area contributed by atoms with Gasteiger partial charge in [0.2, 0.25) is 5.91 Å². The first kappa shape index (κ1) is 39.6. The van der Waals surface area contributed by atoms with Crippen LogP contribution in [-0.2, 0) is 44.1 Å². The number of ether oxygens (including phenoxy) is 2. The molecule has 1 aliphatic carbocycles. The molecule has 0 saturated carbocycles. The van der Waals surface area contributed by atoms with Crippen molar-refractivity contribution in [3.05, 3.63) is 106 Å². The van der Waals surface area contributed by atoms with Gasteiger partial charge in [-0.1, -0.05) is 36.4 Å². The zero-order chi connectivity index (χ0) is 38.9. The molecule has 2 saturated heterocycles. The predicted molar refractivity (Wildman–Crippen MR) is 183 cm³/mol. The number of nitrogens with zero attached hydrogens (tertiary/aromatic N) is 3. The number of aliphatic hydroxyl groups is 1. The molecule has 2 aliphatic heterocycles. The van der Waals surface area contributed by atoms with Crippen molar-refractivity contribution in [1.82, 2.24) is 14.7 Å². The van der Waals surface area contributed by atoms with Crippen LogP contribution in [0.5, 0.6) is 0 Å². The average Bonchev–Trinajstić information content (AvgIpc) is 3.72. The third-order valence-electron chi connectivity index (χ3n) is 11.1. The molecule has 3 aromatic carbocycles. The van der Waals surface area contributed by atoms with E-state index in [0.717, 1.165) is 17.7 Å². The number of piperidine rings is 1. The molecule has 1 spiro atoms. The molecule has 2 heterocycles. The molecule has 54 heavy (non-hydrogen) atoms. The summed E-state index contributed by atoms with van der Waals surface area (Å²) in [5.74, 6) is -1.74. The lowest BCUT2D eigenvalue weighted by atomic mass is 9.72. The molecule has 0 bridgehead atoms. The normalized spacial score (nSPS) is 21.4. The van der Waals surface area contributed by atoms with Crippen molar-refractivity contribution >= 4 is 11.8 Å². The number of carbonyl (C=O) groups excluding carboxylic acids is 2. The van der Waals surface area contributed by atoms with Gasteiger partial charge in [-0.25, -0.2) is 4.39 Å². The Morgan fingerprint density at radius 1 is 0.963 bits per heavy atom. The fourth-order valence-electron chi connectivity index (χ4n) is 8.01. The molecule has 0 aromatic heterocycles. The second-order valence-electron chi connectivity index (χ2n) is 14.4. The SMILES string of the molecule is CN(CCCO)C(=O)CO[C@H]1Cc2ccccc2C12CCN(CC[C@@]1(c3ccc(F)cc3)CN(C(=O)c3cc(C(F)(F)F)cc(C(F)(F)F)c3)CO1)CC2. The summed E-state index contributed by atoms with van der Waals surface area (Å²) < 4.78 is 108. The average molecular weight is 766 g/mol. The number of hydrogen-bond donors (Lipinski definition) is 1. The number of fused-ring (bicyclic) bond motifs is 2. The van der Waals surface area contributed by atoms with Gasteiger partial charge in [-0.05, 0) is 92.2 Å². The summed E-state index contributed by atoms with van der Waals surface area (Å²) >= 11 is 0. The van der Waals surface area contributed by atoms with E-state index in [1.54, 1.807) is 11.9 Å². The Morgan fingerprint density at radius 2 is 1.61 bits per heavy atom. The van der Waals surface area contributed by atoms with E-state index in [0.29, 0.717) is 56.7 Å². The van der Waals surface area contributed by atoms with Crippen molar-refractivity contribution in [3.8, 4) is 0 Å². The molecule has 6 rings (SSSR count). The fraction of sp³-hybridized carbons (Fsp3) is 0.487. The molecule has 2 amide bonds. The second kappa shape index (κ2) is 15.6. The van der Waals surface area contributed by atoms with Crippen LogP contribution in [0.4, 0.5) is 30.7 Å². The highest BCUT2D eigenvalue weighted by atomic mass is 19.4. The molecule has 3 aliphatic rings. The van der Waals surface area contributed by atoms with Crippen molar-refractivity contribution in [2.75, 3.05) is 59.7 Å². The number of hydrogen-bond acceptors (Lipinski definition) is 6. The Labute approximate surface area is 308 Å². The van der Waals surface area contributed by atoms with E-state index < -0.39 is 53.1 Å². The Morgan fingerprint density at radius 3 is 2.24 bits per heavy atom. The summed E-state index contributed by atoms with van der Waals surface area (Å²) in [5.41, 5.74) is -2.65. The van der Waals surface area contributed by atoms with Gasteiger partial charge in [-0.3, -0.25) is 9.59 Å². The van der Waals surface area contributed by atoms with Gasteiger partial charge in [0.05, 0.1) is 23.8 Å². The lowest BCUT2D eigenvalue weighted by Gasteiger charge is -2.44. The Kier molecular flexibility index (Phi) is 11.4. The van der Waals surface area contributed by atoms with Gasteiger partial charge in [0.1, 0.15) is 24.8 Å². The quantitative estimate of drug-likeness (QED) is 0.228. The molecule has 0 radical (unpaired) electrons. The van der Waals surface area contributed by atoms with Gasteiger partial charge in [0, 0.05) is 37.7 Å². The largest absolute Gasteiger partial charge is 0.416 e. The molecule has 2 atom stereocenters. The van der Waals surface area contributed by atoms with E-state index >= 15 is 0 Å². The molecule has 8 nitrogen and oxygen atoms in total. The fourth-order valence-corrected chi connectivity index (χ4v) is 8.01. The van der Waals surface area contributed by atoms with E-state index in [1.807, 2.05) is 12.1 Å². The van der Waals surface area contributed by atoms with Crippen LogP contribution in [0.3, 0.4) is 0 Å². The van der Waals surface area contributed by atoms with Crippen LogP contribution in [-0.4, -0.2) is 97.4 Å². The van der Waals surface area contributed by atoms with Crippen LogP contribution in [0, 0.1) is 5.82 Å². The smallest absolute Gasteiger partial charge is 0.396 e. The van der Waals surface area contributed by atoms with E-state index in [1.165, 1.54) is 35.4 Å². The lowest BCUT2D eigenvalue weighted by molar-refractivity contribution is -0.143. The van der Waals surface area contributed by atoms with Gasteiger partial charge in [0.15, 0.2) is 0 Å².